The molecule has 0 saturated heterocycles. The molecule has 0 heterocycles. The van der Waals surface area contributed by atoms with Crippen LogP contribution >= 0.6 is 0 Å². The summed E-state index contributed by atoms with van der Waals surface area (Å²) in [6.07, 6.45) is 2.90. The molecular weight excluding hydrogens is 142 g/mol. The normalized spacial score (nSPS) is 10.8. The van der Waals surface area contributed by atoms with E-state index in [1.54, 1.807) is 0 Å². The predicted molar refractivity (Wildman–Crippen MR) is 44.5 cm³/mol. The van der Waals surface area contributed by atoms with E-state index in [-0.39, 0.29) is 0 Å². The fraction of sp³-hybridized carbons (Fsp3) is 0.286. The van der Waals surface area contributed by atoms with Crippen molar-refractivity contribution < 1.29 is 4.79 Å². The molecule has 5 N–H and O–H groups in total. The Morgan fingerprint density at radius 3 is 2.64 bits per heavy atom. The Morgan fingerprint density at radius 2 is 2.27 bits per heavy atom. The van der Waals surface area contributed by atoms with Gasteiger partial charge in [-0.25, -0.2) is 0 Å². The molecule has 0 atom stereocenters. The third-order valence-corrected chi connectivity index (χ3v) is 1.05. The highest BCUT2D eigenvalue weighted by Gasteiger charge is 1.96. The minimum atomic E-state index is -0.496. The highest BCUT2D eigenvalue weighted by Crippen LogP contribution is 1.89. The van der Waals surface area contributed by atoms with Crippen molar-refractivity contribution in [1.82, 2.24) is 5.32 Å². The van der Waals surface area contributed by atoms with Crippen LogP contribution in [0.2, 0.25) is 0 Å². The molecule has 0 aromatic rings. The molecule has 62 valence electrons. The molecule has 0 fully saturated rings. The fourth-order valence-electron chi connectivity index (χ4n) is 0.496. The Bertz CT molecular complexity index is 175. The molecule has 0 aromatic heterocycles. The van der Waals surface area contributed by atoms with Gasteiger partial charge in [0.05, 0.1) is 5.57 Å². The summed E-state index contributed by atoms with van der Waals surface area (Å²) in [7, 11) is 0. The minimum Gasteiger partial charge on any atom is -0.389 e. The van der Waals surface area contributed by atoms with Crippen LogP contribution in [-0.2, 0) is 4.79 Å². The lowest BCUT2D eigenvalue weighted by Crippen LogP contribution is -2.20. The van der Waals surface area contributed by atoms with Crippen molar-refractivity contribution in [2.24, 2.45) is 11.5 Å². The average molecular weight is 155 g/mol. The van der Waals surface area contributed by atoms with Crippen LogP contribution in [0.4, 0.5) is 0 Å². The second kappa shape index (κ2) is 5.49. The van der Waals surface area contributed by atoms with Gasteiger partial charge in [-0.2, -0.15) is 0 Å². The number of nitrogens with two attached hydrogens (primary N) is 2. The first-order valence-electron chi connectivity index (χ1n) is 3.28. The lowest BCUT2D eigenvalue weighted by molar-refractivity contribution is -0.114. The van der Waals surface area contributed by atoms with Crippen LogP contribution in [0, 0.1) is 0 Å². The van der Waals surface area contributed by atoms with E-state index in [0.29, 0.717) is 18.7 Å². The summed E-state index contributed by atoms with van der Waals surface area (Å²) in [6, 6.07) is 0. The first-order valence-corrected chi connectivity index (χ1v) is 3.28. The maximum Gasteiger partial charge on any atom is 0.250 e. The van der Waals surface area contributed by atoms with Crippen molar-refractivity contribution >= 4 is 5.91 Å². The van der Waals surface area contributed by atoms with E-state index >= 15 is 0 Å². The van der Waals surface area contributed by atoms with Crippen molar-refractivity contribution in [3.63, 3.8) is 0 Å². The molecule has 4 nitrogen and oxygen atoms in total. The van der Waals surface area contributed by atoms with Gasteiger partial charge in [0.25, 0.3) is 0 Å². The molecule has 0 aliphatic heterocycles. The molecule has 4 heteroatoms. The molecule has 0 unspecified atom stereocenters. The van der Waals surface area contributed by atoms with Crippen LogP contribution in [0.1, 0.15) is 0 Å². The van der Waals surface area contributed by atoms with Gasteiger partial charge < -0.3 is 16.8 Å². The third kappa shape index (κ3) is 4.16. The quantitative estimate of drug-likeness (QED) is 0.273. The minimum absolute atomic E-state index is 0.360. The van der Waals surface area contributed by atoms with Gasteiger partial charge in [0.1, 0.15) is 0 Å². The number of amides is 1. The Balaban J connectivity index is 3.91. The zero-order valence-electron chi connectivity index (χ0n) is 6.34. The maximum absolute atomic E-state index is 10.5. The van der Waals surface area contributed by atoms with Crippen LogP contribution in [-0.4, -0.2) is 19.0 Å². The molecule has 11 heavy (non-hydrogen) atoms. The van der Waals surface area contributed by atoms with Crippen molar-refractivity contribution in [3.05, 3.63) is 24.4 Å². The van der Waals surface area contributed by atoms with Gasteiger partial charge >= 0.3 is 0 Å². The Labute approximate surface area is 65.9 Å². The number of rotatable bonds is 5. The van der Waals surface area contributed by atoms with E-state index in [2.05, 4.69) is 11.9 Å². The lowest BCUT2D eigenvalue weighted by atomic mass is 10.3. The Hall–Kier alpha value is -1.29. The van der Waals surface area contributed by atoms with E-state index in [1.807, 2.05) is 0 Å². The first-order chi connectivity index (χ1) is 5.22. The van der Waals surface area contributed by atoms with Gasteiger partial charge in [-0.15, -0.1) is 0 Å². The van der Waals surface area contributed by atoms with E-state index < -0.39 is 5.91 Å². The summed E-state index contributed by atoms with van der Waals surface area (Å²) in [6.45, 7) is 4.55. The number of nitrogens with one attached hydrogen (secondary N) is 1. The zero-order chi connectivity index (χ0) is 8.69. The highest BCUT2D eigenvalue weighted by atomic mass is 16.1. The Kier molecular flexibility index (Phi) is 4.85. The summed E-state index contributed by atoms with van der Waals surface area (Å²) in [4.78, 5) is 10.5. The predicted octanol–water partition coefficient (Wildman–Crippen LogP) is -0.910. The summed E-state index contributed by atoms with van der Waals surface area (Å²) >= 11 is 0. The molecule has 0 aliphatic carbocycles. The van der Waals surface area contributed by atoms with E-state index in [0.717, 1.165) is 0 Å². The van der Waals surface area contributed by atoms with Gasteiger partial charge in [0.2, 0.25) is 5.91 Å². The molecule has 0 spiro atoms. The van der Waals surface area contributed by atoms with E-state index in [4.69, 9.17) is 11.5 Å². The van der Waals surface area contributed by atoms with Crippen LogP contribution in [0.15, 0.2) is 24.4 Å². The van der Waals surface area contributed by atoms with Crippen molar-refractivity contribution in [2.75, 3.05) is 13.1 Å². The van der Waals surface area contributed by atoms with Gasteiger partial charge in [-0.3, -0.25) is 4.79 Å². The second-order valence-electron chi connectivity index (χ2n) is 1.91. The summed E-state index contributed by atoms with van der Waals surface area (Å²) in [5.74, 6) is -0.496. The first kappa shape index (κ1) is 9.71. The number of carbonyl (C=O) groups is 1. The van der Waals surface area contributed by atoms with Gasteiger partial charge in [-0.1, -0.05) is 12.7 Å². The number of carbonyl (C=O) groups excluding carboxylic acids is 1. The van der Waals surface area contributed by atoms with Gasteiger partial charge in [-0.05, 0) is 0 Å². The molecular formula is C7H13N3O. The monoisotopic (exact) mass is 155 g/mol. The van der Waals surface area contributed by atoms with E-state index in [1.165, 1.54) is 12.3 Å². The largest absolute Gasteiger partial charge is 0.389 e. The van der Waals surface area contributed by atoms with Gasteiger partial charge in [0.15, 0.2) is 0 Å². The SMILES string of the molecule is C=C/C(=C/NCCN)C(N)=O. The van der Waals surface area contributed by atoms with Gasteiger partial charge in [0, 0.05) is 19.3 Å². The summed E-state index contributed by atoms with van der Waals surface area (Å²) in [5.41, 5.74) is 10.5. The molecule has 0 rings (SSSR count). The lowest BCUT2D eigenvalue weighted by Gasteiger charge is -1.98. The maximum atomic E-state index is 10.5. The number of hydrogen-bond acceptors (Lipinski definition) is 3. The smallest absolute Gasteiger partial charge is 0.250 e. The molecule has 0 bridgehead atoms. The zero-order valence-corrected chi connectivity index (χ0v) is 6.34. The van der Waals surface area contributed by atoms with Crippen LogP contribution in [0.25, 0.3) is 0 Å². The molecule has 0 aromatic carbocycles. The second-order valence-corrected chi connectivity index (χ2v) is 1.91. The van der Waals surface area contributed by atoms with Crippen molar-refractivity contribution in [3.8, 4) is 0 Å². The van der Waals surface area contributed by atoms with Crippen LogP contribution < -0.4 is 16.8 Å². The summed E-state index contributed by atoms with van der Waals surface area (Å²) < 4.78 is 0. The molecule has 1 amide bonds. The molecule has 0 radical (unpaired) electrons. The van der Waals surface area contributed by atoms with E-state index in [9.17, 15) is 4.79 Å². The van der Waals surface area contributed by atoms with Crippen LogP contribution in [0.5, 0.6) is 0 Å². The standard InChI is InChI=1S/C7H13N3O/c1-2-6(7(9)11)5-10-4-3-8/h2,5,10H,1,3-4,8H2,(H2,9,11)/b6-5-. The highest BCUT2D eigenvalue weighted by molar-refractivity contribution is 5.94. The third-order valence-electron chi connectivity index (χ3n) is 1.05. The average Bonchev–Trinajstić information content (AvgIpc) is 1.97. The fourth-order valence-corrected chi connectivity index (χ4v) is 0.496. The number of hydrogen-bond donors (Lipinski definition) is 3. The summed E-state index contributed by atoms with van der Waals surface area (Å²) in [5, 5.41) is 2.81. The topological polar surface area (TPSA) is 81.1 Å². The number of primary amides is 1. The van der Waals surface area contributed by atoms with Crippen molar-refractivity contribution in [1.29, 1.82) is 0 Å². The molecule has 0 saturated carbocycles. The van der Waals surface area contributed by atoms with Crippen LogP contribution in [0.3, 0.4) is 0 Å². The van der Waals surface area contributed by atoms with Crippen molar-refractivity contribution in [2.45, 2.75) is 0 Å². The Morgan fingerprint density at radius 1 is 1.64 bits per heavy atom. The molecule has 0 aliphatic rings.